The van der Waals surface area contributed by atoms with Gasteiger partial charge in [-0.05, 0) is 38.2 Å². The maximum absolute atomic E-state index is 12.6. The Bertz CT molecular complexity index is 502. The molecular formula is C20H32N2O2. The zero-order valence-corrected chi connectivity index (χ0v) is 15.5. The van der Waals surface area contributed by atoms with Crippen molar-refractivity contribution >= 4 is 11.8 Å². The predicted molar refractivity (Wildman–Crippen MR) is 98.7 cm³/mol. The molecule has 4 heteroatoms. The number of hydrogen-bond acceptors (Lipinski definition) is 2. The van der Waals surface area contributed by atoms with Gasteiger partial charge in [-0.25, -0.2) is 0 Å². The first-order valence-corrected chi connectivity index (χ1v) is 9.17. The van der Waals surface area contributed by atoms with Crippen LogP contribution in [0.25, 0.3) is 0 Å². The first kappa shape index (κ1) is 20.2. The van der Waals surface area contributed by atoms with E-state index in [-0.39, 0.29) is 23.9 Å². The van der Waals surface area contributed by atoms with Crippen molar-refractivity contribution in [2.75, 3.05) is 6.54 Å². The molecule has 0 fully saturated rings. The van der Waals surface area contributed by atoms with Crippen molar-refractivity contribution < 1.29 is 9.59 Å². The van der Waals surface area contributed by atoms with Crippen LogP contribution in [0.5, 0.6) is 0 Å². The molecule has 1 N–H and O–H groups in total. The first-order chi connectivity index (χ1) is 11.5. The molecule has 24 heavy (non-hydrogen) atoms. The van der Waals surface area contributed by atoms with Crippen LogP contribution in [-0.4, -0.2) is 35.3 Å². The summed E-state index contributed by atoms with van der Waals surface area (Å²) in [6.45, 7) is 8.58. The van der Waals surface area contributed by atoms with E-state index in [0.29, 0.717) is 19.4 Å². The van der Waals surface area contributed by atoms with Gasteiger partial charge in [-0.15, -0.1) is 0 Å². The molecule has 1 aromatic carbocycles. The summed E-state index contributed by atoms with van der Waals surface area (Å²) in [4.78, 5) is 26.9. The van der Waals surface area contributed by atoms with E-state index in [1.54, 1.807) is 4.90 Å². The normalized spacial score (nSPS) is 13.2. The van der Waals surface area contributed by atoms with Crippen LogP contribution in [0.15, 0.2) is 30.3 Å². The Balaban J connectivity index is 2.84. The van der Waals surface area contributed by atoms with Gasteiger partial charge in [-0.2, -0.15) is 0 Å². The Kier molecular flexibility index (Phi) is 9.13. The Morgan fingerprint density at radius 1 is 1.08 bits per heavy atom. The average molecular weight is 332 g/mol. The highest BCUT2D eigenvalue weighted by molar-refractivity contribution is 5.87. The van der Waals surface area contributed by atoms with Crippen molar-refractivity contribution in [3.63, 3.8) is 0 Å². The number of benzene rings is 1. The van der Waals surface area contributed by atoms with E-state index in [1.165, 1.54) is 5.56 Å². The monoisotopic (exact) mass is 332 g/mol. The number of amides is 2. The Hall–Kier alpha value is -1.84. The van der Waals surface area contributed by atoms with Gasteiger partial charge in [0.15, 0.2) is 0 Å². The fraction of sp³-hybridized carbons (Fsp3) is 0.600. The molecule has 0 radical (unpaired) electrons. The lowest BCUT2D eigenvalue weighted by atomic mass is 10.1. The Morgan fingerprint density at radius 3 is 2.29 bits per heavy atom. The minimum atomic E-state index is -0.387. The molecule has 134 valence electrons. The SMILES string of the molecule is CCCC(=O)N(CCc1ccccc1)[C@@H](CC)C(=O)N[C@H](C)CC. The van der Waals surface area contributed by atoms with Crippen LogP contribution in [-0.2, 0) is 16.0 Å². The number of nitrogens with zero attached hydrogens (tertiary/aromatic N) is 1. The molecule has 1 rings (SSSR count). The van der Waals surface area contributed by atoms with Gasteiger partial charge in [0.25, 0.3) is 0 Å². The van der Waals surface area contributed by atoms with Gasteiger partial charge in [0.1, 0.15) is 6.04 Å². The topological polar surface area (TPSA) is 49.4 Å². The number of carbonyl (C=O) groups excluding carboxylic acids is 2. The molecule has 4 nitrogen and oxygen atoms in total. The van der Waals surface area contributed by atoms with Crippen LogP contribution in [0, 0.1) is 0 Å². The molecule has 0 aliphatic heterocycles. The summed E-state index contributed by atoms with van der Waals surface area (Å²) in [6, 6.07) is 9.84. The van der Waals surface area contributed by atoms with E-state index >= 15 is 0 Å². The average Bonchev–Trinajstić information content (AvgIpc) is 2.59. The lowest BCUT2D eigenvalue weighted by Gasteiger charge is -2.31. The maximum Gasteiger partial charge on any atom is 0.243 e. The van der Waals surface area contributed by atoms with Crippen molar-refractivity contribution in [3.05, 3.63) is 35.9 Å². The van der Waals surface area contributed by atoms with Crippen LogP contribution in [0.2, 0.25) is 0 Å². The lowest BCUT2D eigenvalue weighted by molar-refractivity contribution is -0.141. The molecular weight excluding hydrogens is 300 g/mol. The van der Waals surface area contributed by atoms with Crippen LogP contribution in [0.1, 0.15) is 58.9 Å². The van der Waals surface area contributed by atoms with Crippen molar-refractivity contribution in [1.29, 1.82) is 0 Å². The molecule has 0 bridgehead atoms. The third-order valence-electron chi connectivity index (χ3n) is 4.34. The smallest absolute Gasteiger partial charge is 0.243 e. The quantitative estimate of drug-likeness (QED) is 0.712. The zero-order valence-electron chi connectivity index (χ0n) is 15.5. The number of carbonyl (C=O) groups is 2. The fourth-order valence-electron chi connectivity index (χ4n) is 2.69. The van der Waals surface area contributed by atoms with Crippen LogP contribution in [0.3, 0.4) is 0 Å². The van der Waals surface area contributed by atoms with Gasteiger partial charge < -0.3 is 10.2 Å². The molecule has 1 aromatic rings. The number of hydrogen-bond donors (Lipinski definition) is 1. The molecule has 0 spiro atoms. The van der Waals surface area contributed by atoms with Crippen LogP contribution >= 0.6 is 0 Å². The number of nitrogens with one attached hydrogen (secondary N) is 1. The molecule has 0 saturated carbocycles. The van der Waals surface area contributed by atoms with E-state index < -0.39 is 0 Å². The minimum absolute atomic E-state index is 0.0376. The molecule has 2 atom stereocenters. The van der Waals surface area contributed by atoms with Crippen molar-refractivity contribution in [1.82, 2.24) is 10.2 Å². The summed E-state index contributed by atoms with van der Waals surface area (Å²) in [5, 5.41) is 3.02. The van der Waals surface area contributed by atoms with E-state index in [2.05, 4.69) is 17.4 Å². The third kappa shape index (κ3) is 6.34. The molecule has 0 unspecified atom stereocenters. The van der Waals surface area contributed by atoms with Crippen molar-refractivity contribution in [2.24, 2.45) is 0 Å². The summed E-state index contributed by atoms with van der Waals surface area (Å²) in [6.07, 6.45) is 3.57. The standard InChI is InChI=1S/C20H32N2O2/c1-5-11-19(23)22(15-14-17-12-9-8-10-13-17)18(7-3)20(24)21-16(4)6-2/h8-10,12-13,16,18H,5-7,11,14-15H2,1-4H3,(H,21,24)/t16-,18+/m1/s1. The van der Waals surface area contributed by atoms with Gasteiger partial charge in [0.2, 0.25) is 11.8 Å². The lowest BCUT2D eigenvalue weighted by Crippen LogP contribution is -2.51. The van der Waals surface area contributed by atoms with E-state index in [1.807, 2.05) is 45.9 Å². The second-order valence-electron chi connectivity index (χ2n) is 6.31. The molecule has 0 saturated heterocycles. The second-order valence-corrected chi connectivity index (χ2v) is 6.31. The van der Waals surface area contributed by atoms with Gasteiger partial charge in [0, 0.05) is 19.0 Å². The second kappa shape index (κ2) is 10.8. The van der Waals surface area contributed by atoms with Gasteiger partial charge in [0.05, 0.1) is 0 Å². The van der Waals surface area contributed by atoms with E-state index in [4.69, 9.17) is 0 Å². The molecule has 0 aliphatic carbocycles. The molecule has 0 aromatic heterocycles. The maximum atomic E-state index is 12.6. The van der Waals surface area contributed by atoms with Crippen LogP contribution < -0.4 is 5.32 Å². The molecule has 0 heterocycles. The summed E-state index contributed by atoms with van der Waals surface area (Å²) in [5.41, 5.74) is 1.18. The summed E-state index contributed by atoms with van der Waals surface area (Å²) >= 11 is 0. The third-order valence-corrected chi connectivity index (χ3v) is 4.34. The van der Waals surface area contributed by atoms with Gasteiger partial charge in [-0.3, -0.25) is 9.59 Å². The minimum Gasteiger partial charge on any atom is -0.352 e. The van der Waals surface area contributed by atoms with Crippen molar-refractivity contribution in [3.8, 4) is 0 Å². The number of rotatable bonds is 10. The molecule has 2 amide bonds. The van der Waals surface area contributed by atoms with Gasteiger partial charge in [-0.1, -0.05) is 51.1 Å². The fourth-order valence-corrected chi connectivity index (χ4v) is 2.69. The highest BCUT2D eigenvalue weighted by atomic mass is 16.2. The largest absolute Gasteiger partial charge is 0.352 e. The van der Waals surface area contributed by atoms with E-state index in [9.17, 15) is 9.59 Å². The Morgan fingerprint density at radius 2 is 1.75 bits per heavy atom. The summed E-state index contributed by atoms with van der Waals surface area (Å²) in [5.74, 6) is 0.0314. The van der Waals surface area contributed by atoms with Crippen molar-refractivity contribution in [2.45, 2.75) is 71.9 Å². The Labute approximate surface area is 146 Å². The van der Waals surface area contributed by atoms with Gasteiger partial charge >= 0.3 is 0 Å². The zero-order chi connectivity index (χ0) is 17.9. The summed E-state index contributed by atoms with van der Waals surface area (Å²) in [7, 11) is 0. The highest BCUT2D eigenvalue weighted by Gasteiger charge is 2.28. The summed E-state index contributed by atoms with van der Waals surface area (Å²) < 4.78 is 0. The molecule has 0 aliphatic rings. The first-order valence-electron chi connectivity index (χ1n) is 9.17. The van der Waals surface area contributed by atoms with Crippen LogP contribution in [0.4, 0.5) is 0 Å². The highest BCUT2D eigenvalue weighted by Crippen LogP contribution is 2.12. The predicted octanol–water partition coefficient (Wildman–Crippen LogP) is 3.55. The van der Waals surface area contributed by atoms with E-state index in [0.717, 1.165) is 19.3 Å².